The molecule has 1 aromatic rings. The maximum Gasteiger partial charge on any atom is 0.319 e. The van der Waals surface area contributed by atoms with E-state index in [4.69, 9.17) is 0 Å². The van der Waals surface area contributed by atoms with Crippen molar-refractivity contribution in [1.82, 2.24) is 10.6 Å². The van der Waals surface area contributed by atoms with Crippen molar-refractivity contribution in [3.05, 3.63) is 23.8 Å². The summed E-state index contributed by atoms with van der Waals surface area (Å²) in [6, 6.07) is 5.10. The van der Waals surface area contributed by atoms with Gasteiger partial charge in [-0.2, -0.15) is 0 Å². The van der Waals surface area contributed by atoms with E-state index in [9.17, 15) is 14.7 Å². The van der Waals surface area contributed by atoms with E-state index in [0.29, 0.717) is 18.7 Å². The molecule has 1 aromatic carbocycles. The van der Waals surface area contributed by atoms with Crippen molar-refractivity contribution in [3.8, 4) is 0 Å². The standard InChI is InChI=1S/C20H30N4O3/c1-14-16(23-18(25)15-6-2-3-7-15)8-4-9-17(14)24-19(26)22-13-20(27)10-5-11-21-12-20/h4,8-9,15,21,27H,2-3,5-7,10-13H2,1H3,(H,23,25)(H2,22,24,26)/t20-/m0/s1. The summed E-state index contributed by atoms with van der Waals surface area (Å²) in [6.07, 6.45) is 5.68. The molecule has 7 nitrogen and oxygen atoms in total. The SMILES string of the molecule is Cc1c(NC(=O)NC[C@]2(O)CCCNC2)cccc1NC(=O)C1CCCC1. The monoisotopic (exact) mass is 374 g/mol. The van der Waals surface area contributed by atoms with E-state index in [0.717, 1.165) is 49.9 Å². The van der Waals surface area contributed by atoms with Crippen LogP contribution in [0.25, 0.3) is 0 Å². The van der Waals surface area contributed by atoms with Crippen LogP contribution in [0, 0.1) is 12.8 Å². The number of urea groups is 1. The Bertz CT molecular complexity index is 680. The van der Waals surface area contributed by atoms with Gasteiger partial charge in [-0.05, 0) is 56.8 Å². The van der Waals surface area contributed by atoms with E-state index in [1.165, 1.54) is 0 Å². The maximum atomic E-state index is 12.4. The summed E-state index contributed by atoms with van der Waals surface area (Å²) in [7, 11) is 0. The van der Waals surface area contributed by atoms with Crippen LogP contribution < -0.4 is 21.3 Å². The van der Waals surface area contributed by atoms with Gasteiger partial charge in [-0.3, -0.25) is 4.79 Å². The van der Waals surface area contributed by atoms with Crippen LogP contribution in [-0.4, -0.2) is 42.3 Å². The Labute approximate surface area is 160 Å². The minimum atomic E-state index is -0.901. The number of hydrogen-bond donors (Lipinski definition) is 5. The van der Waals surface area contributed by atoms with Gasteiger partial charge >= 0.3 is 6.03 Å². The molecule has 7 heteroatoms. The summed E-state index contributed by atoms with van der Waals surface area (Å²) in [5, 5.41) is 22.1. The van der Waals surface area contributed by atoms with Crippen molar-refractivity contribution < 1.29 is 14.7 Å². The van der Waals surface area contributed by atoms with Crippen LogP contribution in [0.1, 0.15) is 44.1 Å². The molecule has 2 aliphatic rings. The molecule has 3 amide bonds. The highest BCUT2D eigenvalue weighted by Gasteiger charge is 2.29. The Morgan fingerprint density at radius 2 is 1.89 bits per heavy atom. The van der Waals surface area contributed by atoms with Crippen molar-refractivity contribution in [2.45, 2.75) is 51.0 Å². The van der Waals surface area contributed by atoms with Crippen molar-refractivity contribution in [1.29, 1.82) is 0 Å². The number of β-amino-alcohol motifs (C(OH)–C–C–N with tert-alkyl or cyclic N) is 1. The number of piperidine rings is 1. The van der Waals surface area contributed by atoms with Gasteiger partial charge in [-0.1, -0.05) is 18.9 Å². The fourth-order valence-corrected chi connectivity index (χ4v) is 3.84. The average Bonchev–Trinajstić information content (AvgIpc) is 3.19. The molecule has 1 heterocycles. The van der Waals surface area contributed by atoms with Crippen LogP contribution >= 0.6 is 0 Å². The number of rotatable bonds is 5. The Kier molecular flexibility index (Phi) is 6.34. The van der Waals surface area contributed by atoms with Crippen LogP contribution in [0.4, 0.5) is 16.2 Å². The number of benzene rings is 1. The smallest absolute Gasteiger partial charge is 0.319 e. The van der Waals surface area contributed by atoms with E-state index in [1.54, 1.807) is 6.07 Å². The molecule has 0 spiro atoms. The number of amides is 3. The molecule has 0 radical (unpaired) electrons. The van der Waals surface area contributed by atoms with Crippen LogP contribution in [0.15, 0.2) is 18.2 Å². The number of nitrogens with one attached hydrogen (secondary N) is 4. The molecule has 148 valence electrons. The van der Waals surface area contributed by atoms with E-state index >= 15 is 0 Å². The van der Waals surface area contributed by atoms with Gasteiger partial charge in [0, 0.05) is 30.4 Å². The first-order valence-corrected chi connectivity index (χ1v) is 9.85. The van der Waals surface area contributed by atoms with E-state index in [1.807, 2.05) is 19.1 Å². The molecule has 1 aliphatic heterocycles. The first-order chi connectivity index (χ1) is 13.0. The van der Waals surface area contributed by atoms with Gasteiger partial charge in [-0.25, -0.2) is 4.79 Å². The molecule has 1 saturated carbocycles. The second-order valence-electron chi connectivity index (χ2n) is 7.76. The third kappa shape index (κ3) is 5.20. The molecule has 27 heavy (non-hydrogen) atoms. The number of anilines is 2. The lowest BCUT2D eigenvalue weighted by molar-refractivity contribution is -0.119. The van der Waals surface area contributed by atoms with Gasteiger partial charge in [0.15, 0.2) is 0 Å². The summed E-state index contributed by atoms with van der Waals surface area (Å²) in [5.74, 6) is 0.151. The molecule has 5 N–H and O–H groups in total. The fraction of sp³-hybridized carbons (Fsp3) is 0.600. The second kappa shape index (κ2) is 8.71. The Balaban J connectivity index is 1.56. The molecule has 2 fully saturated rings. The maximum absolute atomic E-state index is 12.4. The fourth-order valence-electron chi connectivity index (χ4n) is 3.84. The number of carbonyl (C=O) groups is 2. The lowest BCUT2D eigenvalue weighted by atomic mass is 9.94. The van der Waals surface area contributed by atoms with Crippen molar-refractivity contribution in [2.24, 2.45) is 5.92 Å². The zero-order valence-electron chi connectivity index (χ0n) is 15.9. The second-order valence-corrected chi connectivity index (χ2v) is 7.76. The summed E-state index contributed by atoms with van der Waals surface area (Å²) in [6.45, 7) is 3.45. The summed E-state index contributed by atoms with van der Waals surface area (Å²) in [4.78, 5) is 24.6. The van der Waals surface area contributed by atoms with E-state index in [2.05, 4.69) is 21.3 Å². The van der Waals surface area contributed by atoms with Gasteiger partial charge in [0.25, 0.3) is 0 Å². The average molecular weight is 374 g/mol. The minimum Gasteiger partial charge on any atom is -0.387 e. The number of carbonyl (C=O) groups excluding carboxylic acids is 2. The van der Waals surface area contributed by atoms with Gasteiger partial charge in [0.1, 0.15) is 0 Å². The van der Waals surface area contributed by atoms with E-state index < -0.39 is 5.60 Å². The van der Waals surface area contributed by atoms with Gasteiger partial charge in [0.2, 0.25) is 5.91 Å². The normalized spacial score (nSPS) is 23.0. The van der Waals surface area contributed by atoms with Crippen LogP contribution in [0.2, 0.25) is 0 Å². The van der Waals surface area contributed by atoms with Gasteiger partial charge in [-0.15, -0.1) is 0 Å². The largest absolute Gasteiger partial charge is 0.387 e. The molecule has 0 bridgehead atoms. The quantitative estimate of drug-likeness (QED) is 0.546. The molecular weight excluding hydrogens is 344 g/mol. The summed E-state index contributed by atoms with van der Waals surface area (Å²) >= 11 is 0. The molecule has 3 rings (SSSR count). The highest BCUT2D eigenvalue weighted by atomic mass is 16.3. The molecular formula is C20H30N4O3. The van der Waals surface area contributed by atoms with E-state index in [-0.39, 0.29) is 24.4 Å². The Hall–Kier alpha value is -2.12. The molecule has 1 aliphatic carbocycles. The van der Waals surface area contributed by atoms with Crippen molar-refractivity contribution >= 4 is 23.3 Å². The number of hydrogen-bond acceptors (Lipinski definition) is 4. The van der Waals surface area contributed by atoms with Crippen LogP contribution in [-0.2, 0) is 4.79 Å². The third-order valence-electron chi connectivity index (χ3n) is 5.59. The van der Waals surface area contributed by atoms with Crippen LogP contribution in [0.3, 0.4) is 0 Å². The van der Waals surface area contributed by atoms with Crippen LogP contribution in [0.5, 0.6) is 0 Å². The molecule has 0 unspecified atom stereocenters. The minimum absolute atomic E-state index is 0.0595. The van der Waals surface area contributed by atoms with Gasteiger partial charge in [0.05, 0.1) is 5.60 Å². The predicted octanol–water partition coefficient (Wildman–Crippen LogP) is 2.36. The predicted molar refractivity (Wildman–Crippen MR) is 106 cm³/mol. The van der Waals surface area contributed by atoms with Gasteiger partial charge < -0.3 is 26.4 Å². The highest BCUT2D eigenvalue weighted by Crippen LogP contribution is 2.28. The summed E-state index contributed by atoms with van der Waals surface area (Å²) < 4.78 is 0. The van der Waals surface area contributed by atoms with Crippen molar-refractivity contribution in [2.75, 3.05) is 30.3 Å². The summed E-state index contributed by atoms with van der Waals surface area (Å²) in [5.41, 5.74) is 1.28. The lowest BCUT2D eigenvalue weighted by Gasteiger charge is -2.32. The zero-order valence-corrected chi connectivity index (χ0v) is 15.9. The molecule has 0 aromatic heterocycles. The topological polar surface area (TPSA) is 102 Å². The molecule has 1 atom stereocenters. The molecule has 1 saturated heterocycles. The Morgan fingerprint density at radius 3 is 2.56 bits per heavy atom. The highest BCUT2D eigenvalue weighted by molar-refractivity contribution is 5.96. The first-order valence-electron chi connectivity index (χ1n) is 9.85. The number of aliphatic hydroxyl groups is 1. The first kappa shape index (κ1) is 19.6. The third-order valence-corrected chi connectivity index (χ3v) is 5.59. The van der Waals surface area contributed by atoms with Crippen molar-refractivity contribution in [3.63, 3.8) is 0 Å². The lowest BCUT2D eigenvalue weighted by Crippen LogP contribution is -2.53. The zero-order chi connectivity index (χ0) is 19.3. The Morgan fingerprint density at radius 1 is 1.19 bits per heavy atom.